The van der Waals surface area contributed by atoms with Crippen molar-refractivity contribution in [3.05, 3.63) is 35.9 Å². The van der Waals surface area contributed by atoms with Gasteiger partial charge in [0.2, 0.25) is 5.91 Å². The van der Waals surface area contributed by atoms with Crippen LogP contribution in [0.4, 0.5) is 0 Å². The first kappa shape index (κ1) is 14.9. The molecule has 1 aromatic rings. The first-order valence-electron chi connectivity index (χ1n) is 6.86. The van der Waals surface area contributed by atoms with Crippen LogP contribution in [-0.4, -0.2) is 28.9 Å². The normalized spacial score (nSPS) is 19.8. The number of hydrogen-bond donors (Lipinski definition) is 2. The Hall–Kier alpha value is -1.49. The molecular formula is C15H21N3OS. The van der Waals surface area contributed by atoms with Gasteiger partial charge in [-0.25, -0.2) is 0 Å². The summed E-state index contributed by atoms with van der Waals surface area (Å²) >= 11 is 1.66. The number of nitrogens with one attached hydrogen (secondary N) is 1. The molecule has 0 aliphatic carbocycles. The standard InChI is InChI=1S/C15H21N3OS/c1-10(2)13(14(16)19)18-15-17-12(9-20-15)8-11-6-4-3-5-7-11/h3-7,10,12-13H,8-9H2,1-2H3,(H2,16,19)(H,17,18). The maximum atomic E-state index is 11.4. The molecule has 1 aliphatic heterocycles. The molecule has 2 rings (SSSR count). The van der Waals surface area contributed by atoms with Crippen LogP contribution in [-0.2, 0) is 11.2 Å². The molecule has 5 heteroatoms. The van der Waals surface area contributed by atoms with Crippen molar-refractivity contribution in [3.63, 3.8) is 0 Å². The molecule has 108 valence electrons. The van der Waals surface area contributed by atoms with Gasteiger partial charge in [-0.3, -0.25) is 9.79 Å². The zero-order valence-corrected chi connectivity index (χ0v) is 12.7. The summed E-state index contributed by atoms with van der Waals surface area (Å²) in [6, 6.07) is 10.3. The summed E-state index contributed by atoms with van der Waals surface area (Å²) in [6.07, 6.45) is 0.932. The summed E-state index contributed by atoms with van der Waals surface area (Å²) in [4.78, 5) is 16.0. The third-order valence-corrected chi connectivity index (χ3v) is 4.33. The second kappa shape index (κ2) is 6.79. The van der Waals surface area contributed by atoms with E-state index in [9.17, 15) is 4.79 Å². The molecule has 0 fully saturated rings. The average molecular weight is 291 g/mol. The molecule has 2 atom stereocenters. The van der Waals surface area contributed by atoms with E-state index in [1.165, 1.54) is 5.56 Å². The minimum Gasteiger partial charge on any atom is -0.368 e. The number of hydrogen-bond acceptors (Lipinski definition) is 4. The lowest BCUT2D eigenvalue weighted by Gasteiger charge is -2.19. The Labute approximate surface area is 124 Å². The quantitative estimate of drug-likeness (QED) is 0.869. The summed E-state index contributed by atoms with van der Waals surface area (Å²) in [5.41, 5.74) is 6.70. The summed E-state index contributed by atoms with van der Waals surface area (Å²) in [6.45, 7) is 3.95. The van der Waals surface area contributed by atoms with Crippen molar-refractivity contribution in [2.75, 3.05) is 5.75 Å². The second-order valence-electron chi connectivity index (χ2n) is 5.36. The molecule has 0 spiro atoms. The van der Waals surface area contributed by atoms with E-state index in [0.717, 1.165) is 17.3 Å². The van der Waals surface area contributed by atoms with E-state index in [2.05, 4.69) is 22.4 Å². The van der Waals surface area contributed by atoms with E-state index in [1.807, 2.05) is 32.0 Å². The lowest BCUT2D eigenvalue weighted by atomic mass is 10.0. The van der Waals surface area contributed by atoms with E-state index in [0.29, 0.717) is 0 Å². The lowest BCUT2D eigenvalue weighted by molar-refractivity contribution is -0.120. The highest BCUT2D eigenvalue weighted by Gasteiger charge is 2.25. The van der Waals surface area contributed by atoms with Crippen LogP contribution < -0.4 is 11.1 Å². The molecule has 0 saturated heterocycles. The molecule has 4 nitrogen and oxygen atoms in total. The SMILES string of the molecule is CC(C)C(NC1=NC(Cc2ccccc2)CS1)C(N)=O. The summed E-state index contributed by atoms with van der Waals surface area (Å²) in [5.74, 6) is 0.777. The summed E-state index contributed by atoms with van der Waals surface area (Å²) in [5, 5.41) is 4.01. The van der Waals surface area contributed by atoms with Gasteiger partial charge in [0.05, 0.1) is 6.04 Å². The molecule has 0 bridgehead atoms. The van der Waals surface area contributed by atoms with Gasteiger partial charge in [0.25, 0.3) is 0 Å². The molecule has 1 heterocycles. The largest absolute Gasteiger partial charge is 0.368 e. The van der Waals surface area contributed by atoms with Crippen molar-refractivity contribution in [2.45, 2.75) is 32.4 Å². The van der Waals surface area contributed by atoms with Crippen molar-refractivity contribution in [2.24, 2.45) is 16.6 Å². The Morgan fingerprint density at radius 3 is 2.75 bits per heavy atom. The number of carbonyl (C=O) groups excluding carboxylic acids is 1. The number of aliphatic imine (C=N–C) groups is 1. The molecular weight excluding hydrogens is 270 g/mol. The Kier molecular flexibility index (Phi) is 5.06. The van der Waals surface area contributed by atoms with E-state index >= 15 is 0 Å². The minimum absolute atomic E-state index is 0.156. The van der Waals surface area contributed by atoms with Gasteiger partial charge in [-0.15, -0.1) is 0 Å². The fourth-order valence-electron chi connectivity index (χ4n) is 2.18. The molecule has 2 unspecified atom stereocenters. The molecule has 0 radical (unpaired) electrons. The topological polar surface area (TPSA) is 67.5 Å². The number of nitrogens with two attached hydrogens (primary N) is 1. The van der Waals surface area contributed by atoms with Crippen LogP contribution >= 0.6 is 11.8 Å². The molecule has 1 aliphatic rings. The smallest absolute Gasteiger partial charge is 0.240 e. The van der Waals surface area contributed by atoms with E-state index in [-0.39, 0.29) is 23.9 Å². The number of rotatable bonds is 5. The molecule has 0 aromatic heterocycles. The zero-order valence-electron chi connectivity index (χ0n) is 11.9. The highest BCUT2D eigenvalue weighted by atomic mass is 32.2. The van der Waals surface area contributed by atoms with Gasteiger partial charge < -0.3 is 11.1 Å². The van der Waals surface area contributed by atoms with Crippen LogP contribution in [0.5, 0.6) is 0 Å². The lowest BCUT2D eigenvalue weighted by Crippen LogP contribution is -2.46. The Morgan fingerprint density at radius 2 is 2.15 bits per heavy atom. The number of amidine groups is 1. The highest BCUT2D eigenvalue weighted by Crippen LogP contribution is 2.20. The third-order valence-electron chi connectivity index (χ3n) is 3.28. The molecule has 1 aromatic carbocycles. The van der Waals surface area contributed by atoms with Crippen LogP contribution in [0.1, 0.15) is 19.4 Å². The van der Waals surface area contributed by atoms with Crippen molar-refractivity contribution in [1.82, 2.24) is 5.32 Å². The number of nitrogens with zero attached hydrogens (tertiary/aromatic N) is 1. The van der Waals surface area contributed by atoms with Gasteiger partial charge >= 0.3 is 0 Å². The monoisotopic (exact) mass is 291 g/mol. The van der Waals surface area contributed by atoms with Crippen LogP contribution in [0.2, 0.25) is 0 Å². The Balaban J connectivity index is 1.95. The summed E-state index contributed by atoms with van der Waals surface area (Å²) < 4.78 is 0. The van der Waals surface area contributed by atoms with Crippen molar-refractivity contribution < 1.29 is 4.79 Å². The van der Waals surface area contributed by atoms with E-state index < -0.39 is 0 Å². The van der Waals surface area contributed by atoms with Crippen LogP contribution in [0.15, 0.2) is 35.3 Å². The van der Waals surface area contributed by atoms with E-state index in [1.54, 1.807) is 11.8 Å². The van der Waals surface area contributed by atoms with Crippen LogP contribution in [0.25, 0.3) is 0 Å². The number of thioether (sulfide) groups is 1. The van der Waals surface area contributed by atoms with Crippen molar-refractivity contribution >= 4 is 22.8 Å². The second-order valence-corrected chi connectivity index (χ2v) is 6.37. The molecule has 0 saturated carbocycles. The van der Waals surface area contributed by atoms with Crippen LogP contribution in [0, 0.1) is 5.92 Å². The van der Waals surface area contributed by atoms with E-state index in [4.69, 9.17) is 5.73 Å². The molecule has 20 heavy (non-hydrogen) atoms. The minimum atomic E-state index is -0.350. The zero-order chi connectivity index (χ0) is 14.5. The average Bonchev–Trinajstić information content (AvgIpc) is 2.84. The van der Waals surface area contributed by atoms with Gasteiger partial charge in [-0.1, -0.05) is 55.9 Å². The van der Waals surface area contributed by atoms with Crippen molar-refractivity contribution in [1.29, 1.82) is 0 Å². The van der Waals surface area contributed by atoms with Gasteiger partial charge in [-0.2, -0.15) is 0 Å². The number of primary amides is 1. The predicted molar refractivity (Wildman–Crippen MR) is 84.8 cm³/mol. The maximum Gasteiger partial charge on any atom is 0.240 e. The Bertz CT molecular complexity index is 487. The van der Waals surface area contributed by atoms with Crippen molar-refractivity contribution in [3.8, 4) is 0 Å². The molecule has 3 N–H and O–H groups in total. The first-order chi connectivity index (χ1) is 9.56. The van der Waals surface area contributed by atoms with Gasteiger partial charge in [-0.05, 0) is 17.9 Å². The van der Waals surface area contributed by atoms with Gasteiger partial charge in [0.15, 0.2) is 5.17 Å². The summed E-state index contributed by atoms with van der Waals surface area (Å²) in [7, 11) is 0. The first-order valence-corrected chi connectivity index (χ1v) is 7.85. The van der Waals surface area contributed by atoms with Crippen LogP contribution in [0.3, 0.4) is 0 Å². The number of amides is 1. The highest BCUT2D eigenvalue weighted by molar-refractivity contribution is 8.14. The molecule has 1 amide bonds. The third kappa shape index (κ3) is 4.00. The Morgan fingerprint density at radius 1 is 1.45 bits per heavy atom. The van der Waals surface area contributed by atoms with Gasteiger partial charge in [0, 0.05) is 5.75 Å². The maximum absolute atomic E-state index is 11.4. The number of benzene rings is 1. The fraction of sp³-hybridized carbons (Fsp3) is 0.467. The predicted octanol–water partition coefficient (Wildman–Crippen LogP) is 1.80. The van der Waals surface area contributed by atoms with Gasteiger partial charge in [0.1, 0.15) is 6.04 Å². The fourth-order valence-corrected chi connectivity index (χ4v) is 3.16. The number of carbonyl (C=O) groups is 1.